The van der Waals surface area contributed by atoms with Gasteiger partial charge in [0.25, 0.3) is 5.56 Å². The summed E-state index contributed by atoms with van der Waals surface area (Å²) in [5.41, 5.74) is 2.48. The number of nitrogens with zero attached hydrogens (tertiary/aromatic N) is 1. The van der Waals surface area contributed by atoms with Crippen LogP contribution in [0.4, 0.5) is 5.69 Å². The second-order valence-electron chi connectivity index (χ2n) is 6.29. The number of aromatic nitrogens is 2. The van der Waals surface area contributed by atoms with Gasteiger partial charge in [-0.3, -0.25) is 14.2 Å². The van der Waals surface area contributed by atoms with Crippen LogP contribution in [0.5, 0.6) is 0 Å². The largest absolute Gasteiger partial charge is 0.329 e. The molecule has 6 nitrogen and oxygen atoms in total. The van der Waals surface area contributed by atoms with Crippen LogP contribution in [0.15, 0.2) is 52.1 Å². The molecule has 0 saturated carbocycles. The lowest BCUT2D eigenvalue weighted by Crippen LogP contribution is -2.37. The molecule has 0 fully saturated rings. The molecule has 0 spiro atoms. The molecule has 6 heteroatoms. The maximum Gasteiger partial charge on any atom is 0.329 e. The molecule has 0 saturated heterocycles. The van der Waals surface area contributed by atoms with Gasteiger partial charge in [0.1, 0.15) is 0 Å². The minimum absolute atomic E-state index is 0.00971. The van der Waals surface area contributed by atoms with Crippen molar-refractivity contribution in [3.05, 3.63) is 74.4 Å². The highest BCUT2D eigenvalue weighted by Crippen LogP contribution is 2.26. The van der Waals surface area contributed by atoms with Gasteiger partial charge in [0, 0.05) is 12.1 Å². The van der Waals surface area contributed by atoms with Crippen molar-refractivity contribution in [3.63, 3.8) is 0 Å². The van der Waals surface area contributed by atoms with Gasteiger partial charge in [-0.1, -0.05) is 24.3 Å². The molecule has 1 aromatic heterocycles. The number of benzene rings is 2. The molecule has 0 bridgehead atoms. The Morgan fingerprint density at radius 2 is 1.84 bits per heavy atom. The Morgan fingerprint density at radius 3 is 2.68 bits per heavy atom. The fourth-order valence-electron chi connectivity index (χ4n) is 3.34. The van der Waals surface area contributed by atoms with Gasteiger partial charge in [-0.2, -0.15) is 0 Å². The number of hydrogen-bond acceptors (Lipinski definition) is 3. The number of aryl methyl sites for hydroxylation is 1. The predicted molar refractivity (Wildman–Crippen MR) is 96.0 cm³/mol. The van der Waals surface area contributed by atoms with Crippen LogP contribution in [0.25, 0.3) is 10.9 Å². The van der Waals surface area contributed by atoms with Gasteiger partial charge in [-0.15, -0.1) is 0 Å². The van der Waals surface area contributed by atoms with E-state index in [-0.39, 0.29) is 11.5 Å². The summed E-state index contributed by atoms with van der Waals surface area (Å²) in [5.74, 6) is 0.00971. The van der Waals surface area contributed by atoms with Crippen molar-refractivity contribution < 1.29 is 4.79 Å². The van der Waals surface area contributed by atoms with E-state index in [1.54, 1.807) is 24.3 Å². The zero-order valence-electron chi connectivity index (χ0n) is 13.7. The Balaban J connectivity index is 1.83. The molecule has 1 aliphatic heterocycles. The van der Waals surface area contributed by atoms with Gasteiger partial charge in [-0.25, -0.2) is 4.79 Å². The summed E-state index contributed by atoms with van der Waals surface area (Å²) >= 11 is 0. The molecule has 0 radical (unpaired) electrons. The van der Waals surface area contributed by atoms with E-state index in [9.17, 15) is 14.4 Å². The maximum absolute atomic E-state index is 12.8. The van der Waals surface area contributed by atoms with Crippen molar-refractivity contribution in [1.82, 2.24) is 9.55 Å². The number of carbonyl (C=O) groups excluding carboxylic acids is 1. The van der Waals surface area contributed by atoms with Crippen LogP contribution in [0, 0.1) is 0 Å². The summed E-state index contributed by atoms with van der Waals surface area (Å²) < 4.78 is 1.24. The molecule has 1 amide bonds. The summed E-state index contributed by atoms with van der Waals surface area (Å²) in [6, 6.07) is 12.2. The zero-order valence-corrected chi connectivity index (χ0v) is 13.7. The number of fused-ring (bicyclic) bond motifs is 2. The van der Waals surface area contributed by atoms with Gasteiger partial charge in [-0.05, 0) is 42.7 Å². The van der Waals surface area contributed by atoms with Crippen LogP contribution in [0.2, 0.25) is 0 Å². The minimum Gasteiger partial charge on any atom is -0.326 e. The Morgan fingerprint density at radius 1 is 1.04 bits per heavy atom. The third kappa shape index (κ3) is 2.55. The summed E-state index contributed by atoms with van der Waals surface area (Å²) in [4.78, 5) is 39.5. The Hall–Kier alpha value is -3.15. The maximum atomic E-state index is 12.8. The summed E-state index contributed by atoms with van der Waals surface area (Å²) in [7, 11) is 0. The second-order valence-corrected chi connectivity index (χ2v) is 6.29. The minimum atomic E-state index is -0.428. The van der Waals surface area contributed by atoms with E-state index in [0.29, 0.717) is 23.7 Å². The first-order valence-electron chi connectivity index (χ1n) is 8.21. The van der Waals surface area contributed by atoms with Crippen LogP contribution >= 0.6 is 0 Å². The molecule has 1 aliphatic rings. The van der Waals surface area contributed by atoms with Crippen molar-refractivity contribution in [1.29, 1.82) is 0 Å². The van der Waals surface area contributed by atoms with E-state index < -0.39 is 11.7 Å². The molecule has 0 aliphatic carbocycles. The molecule has 2 heterocycles. The lowest BCUT2D eigenvalue weighted by Gasteiger charge is -2.20. The lowest BCUT2D eigenvalue weighted by atomic mass is 9.97. The third-order valence-corrected chi connectivity index (χ3v) is 4.73. The Labute approximate surface area is 143 Å². The predicted octanol–water partition coefficient (Wildman–Crippen LogP) is 2.18. The number of rotatable bonds is 2. The monoisotopic (exact) mass is 335 g/mol. The van der Waals surface area contributed by atoms with Crippen LogP contribution < -0.4 is 16.6 Å². The Kier molecular flexibility index (Phi) is 3.53. The molecular weight excluding hydrogens is 318 g/mol. The number of hydrogen-bond donors (Lipinski definition) is 2. The highest BCUT2D eigenvalue weighted by Gasteiger charge is 2.19. The number of H-pyrrole nitrogens is 1. The van der Waals surface area contributed by atoms with Crippen LogP contribution in [0.1, 0.15) is 30.5 Å². The summed E-state index contributed by atoms with van der Waals surface area (Å²) in [5, 5.41) is 3.32. The second kappa shape index (κ2) is 5.73. The quantitative estimate of drug-likeness (QED) is 0.753. The van der Waals surface area contributed by atoms with E-state index in [1.807, 2.05) is 25.1 Å². The molecule has 4 rings (SSSR count). The third-order valence-electron chi connectivity index (χ3n) is 4.73. The Bertz CT molecular complexity index is 1110. The smallest absolute Gasteiger partial charge is 0.326 e. The van der Waals surface area contributed by atoms with E-state index in [4.69, 9.17) is 0 Å². The van der Waals surface area contributed by atoms with Crippen LogP contribution in [0.3, 0.4) is 0 Å². The average molecular weight is 335 g/mol. The van der Waals surface area contributed by atoms with Crippen LogP contribution in [-0.2, 0) is 11.2 Å². The standard InChI is InChI=1S/C19H17N3O3/c1-11(12-6-8-15-13(10-12)7-9-17(23)20-15)22-18(24)14-4-2-3-5-16(14)21-19(22)25/h2-6,8,10-11H,7,9H2,1H3,(H,20,23)(H,21,25)/t11-/m0/s1. The molecule has 2 aromatic carbocycles. The van der Waals surface area contributed by atoms with E-state index in [1.165, 1.54) is 4.57 Å². The highest BCUT2D eigenvalue weighted by atomic mass is 16.2. The van der Waals surface area contributed by atoms with Gasteiger partial charge < -0.3 is 10.3 Å². The highest BCUT2D eigenvalue weighted by molar-refractivity contribution is 5.93. The number of nitrogens with one attached hydrogen (secondary N) is 2. The van der Waals surface area contributed by atoms with Gasteiger partial charge >= 0.3 is 5.69 Å². The molecule has 0 unspecified atom stereocenters. The molecule has 25 heavy (non-hydrogen) atoms. The molecular formula is C19H17N3O3. The van der Waals surface area contributed by atoms with Crippen molar-refractivity contribution >= 4 is 22.5 Å². The first kappa shape index (κ1) is 15.4. The first-order chi connectivity index (χ1) is 12.0. The van der Waals surface area contributed by atoms with Crippen molar-refractivity contribution in [3.8, 4) is 0 Å². The van der Waals surface area contributed by atoms with Crippen molar-refractivity contribution in [2.75, 3.05) is 5.32 Å². The average Bonchev–Trinajstić information content (AvgIpc) is 2.61. The van der Waals surface area contributed by atoms with Crippen LogP contribution in [-0.4, -0.2) is 15.5 Å². The fraction of sp³-hybridized carbons (Fsp3) is 0.211. The van der Waals surface area contributed by atoms with Crippen molar-refractivity contribution in [2.45, 2.75) is 25.8 Å². The number of anilines is 1. The number of amides is 1. The molecule has 2 N–H and O–H groups in total. The van der Waals surface area contributed by atoms with Crippen molar-refractivity contribution in [2.24, 2.45) is 0 Å². The van der Waals surface area contributed by atoms with Gasteiger partial charge in [0.15, 0.2) is 0 Å². The first-order valence-corrected chi connectivity index (χ1v) is 8.21. The van der Waals surface area contributed by atoms with E-state index in [2.05, 4.69) is 10.3 Å². The fourth-order valence-corrected chi connectivity index (χ4v) is 3.34. The lowest BCUT2D eigenvalue weighted by molar-refractivity contribution is -0.116. The van der Waals surface area contributed by atoms with E-state index >= 15 is 0 Å². The summed E-state index contributed by atoms with van der Waals surface area (Å²) in [6.45, 7) is 1.83. The molecule has 126 valence electrons. The van der Waals surface area contributed by atoms with E-state index in [0.717, 1.165) is 16.8 Å². The molecule has 1 atom stereocenters. The van der Waals surface area contributed by atoms with Gasteiger partial charge in [0.2, 0.25) is 5.91 Å². The normalized spacial score (nSPS) is 14.8. The zero-order chi connectivity index (χ0) is 17.6. The number of carbonyl (C=O) groups is 1. The molecule has 3 aromatic rings. The SMILES string of the molecule is C[C@@H](c1ccc2c(c1)CCC(=O)N2)n1c(=O)[nH]c2ccccc2c1=O. The summed E-state index contributed by atoms with van der Waals surface area (Å²) in [6.07, 6.45) is 1.10. The topological polar surface area (TPSA) is 84.0 Å². The van der Waals surface area contributed by atoms with Gasteiger partial charge in [0.05, 0.1) is 16.9 Å². The number of aromatic amines is 1. The number of para-hydroxylation sites is 1.